The minimum absolute atomic E-state index is 0.00697. The monoisotopic (exact) mass is 458 g/mol. The summed E-state index contributed by atoms with van der Waals surface area (Å²) in [4.78, 5) is 39.7. The highest BCUT2D eigenvalue weighted by molar-refractivity contribution is 6.20. The van der Waals surface area contributed by atoms with Crippen LogP contribution in [0.15, 0.2) is 17.4 Å². The van der Waals surface area contributed by atoms with Crippen molar-refractivity contribution >= 4 is 17.3 Å². The highest BCUT2D eigenvalue weighted by atomic mass is 16.5. The number of benzene rings is 1. The minimum Gasteiger partial charge on any atom is -0.507 e. The van der Waals surface area contributed by atoms with Gasteiger partial charge in [0, 0.05) is 12.5 Å². The molecular formula is C26H34O7. The van der Waals surface area contributed by atoms with Crippen molar-refractivity contribution in [2.45, 2.75) is 73.8 Å². The van der Waals surface area contributed by atoms with Gasteiger partial charge in [-0.3, -0.25) is 14.4 Å². The summed E-state index contributed by atoms with van der Waals surface area (Å²) in [5.41, 5.74) is -5.21. The number of phenols is 2. The fourth-order valence-electron chi connectivity index (χ4n) is 5.16. The van der Waals surface area contributed by atoms with Gasteiger partial charge in [-0.25, -0.2) is 0 Å². The van der Waals surface area contributed by atoms with Crippen molar-refractivity contribution in [2.75, 3.05) is 0 Å². The Morgan fingerprint density at radius 3 is 2.09 bits per heavy atom. The van der Waals surface area contributed by atoms with Gasteiger partial charge < -0.3 is 20.1 Å². The van der Waals surface area contributed by atoms with Crippen molar-refractivity contribution in [3.05, 3.63) is 28.5 Å². The van der Waals surface area contributed by atoms with Crippen LogP contribution >= 0.6 is 0 Å². The Morgan fingerprint density at radius 1 is 1.00 bits per heavy atom. The van der Waals surface area contributed by atoms with Crippen LogP contribution in [0.2, 0.25) is 0 Å². The van der Waals surface area contributed by atoms with E-state index in [1.165, 1.54) is 19.9 Å². The second kappa shape index (κ2) is 7.69. The van der Waals surface area contributed by atoms with Crippen molar-refractivity contribution in [1.82, 2.24) is 0 Å². The number of carbonyl (C=O) groups is 3. The number of Topliss-reactive ketones (excluding diaryl/α,β-unsaturated/α-hetero) is 3. The highest BCUT2D eigenvalue weighted by Gasteiger charge is 2.61. The number of ketones is 3. The number of rotatable bonds is 5. The summed E-state index contributed by atoms with van der Waals surface area (Å²) < 4.78 is 5.99. The predicted octanol–water partition coefficient (Wildman–Crippen LogP) is 4.41. The van der Waals surface area contributed by atoms with E-state index in [-0.39, 0.29) is 58.7 Å². The molecule has 0 aromatic heterocycles. The number of fused-ring (bicyclic) bond motifs is 1. The summed E-state index contributed by atoms with van der Waals surface area (Å²) in [6.07, 6.45) is 0.106. The maximum atomic E-state index is 13.6. The van der Waals surface area contributed by atoms with Crippen LogP contribution in [-0.4, -0.2) is 32.7 Å². The number of ether oxygens (including phenoxy) is 1. The largest absolute Gasteiger partial charge is 0.507 e. The molecule has 1 atom stereocenters. The molecule has 33 heavy (non-hydrogen) atoms. The lowest BCUT2D eigenvalue weighted by Gasteiger charge is -2.48. The molecule has 1 heterocycles. The summed E-state index contributed by atoms with van der Waals surface area (Å²) in [6.45, 7) is 13.7. The third-order valence-electron chi connectivity index (χ3n) is 6.58. The van der Waals surface area contributed by atoms with Crippen LogP contribution in [0.1, 0.15) is 84.2 Å². The van der Waals surface area contributed by atoms with Crippen molar-refractivity contribution < 1.29 is 34.4 Å². The van der Waals surface area contributed by atoms with Crippen LogP contribution in [0.4, 0.5) is 0 Å². The third kappa shape index (κ3) is 3.57. The molecule has 0 amide bonds. The normalized spacial score (nSPS) is 23.5. The molecule has 1 aromatic rings. The van der Waals surface area contributed by atoms with Gasteiger partial charge in [0.2, 0.25) is 0 Å². The Balaban J connectivity index is 2.40. The van der Waals surface area contributed by atoms with Gasteiger partial charge in [-0.05, 0) is 46.0 Å². The molecule has 3 rings (SSSR count). The number of hydrogen-bond acceptors (Lipinski definition) is 7. The average Bonchev–Trinajstić information content (AvgIpc) is 2.63. The fraction of sp³-hybridized carbons (Fsp3) is 0.577. The van der Waals surface area contributed by atoms with Gasteiger partial charge in [-0.2, -0.15) is 0 Å². The maximum absolute atomic E-state index is 13.6. The van der Waals surface area contributed by atoms with Crippen LogP contribution in [-0.2, 0) is 15.2 Å². The zero-order valence-electron chi connectivity index (χ0n) is 20.6. The first-order valence-corrected chi connectivity index (χ1v) is 11.4. The van der Waals surface area contributed by atoms with Crippen LogP contribution in [0, 0.1) is 22.7 Å². The first kappa shape index (κ1) is 25.0. The smallest absolute Gasteiger partial charge is 0.178 e. The molecule has 1 aliphatic carbocycles. The van der Waals surface area contributed by atoms with Crippen LogP contribution in [0.5, 0.6) is 17.2 Å². The molecular weight excluding hydrogens is 424 g/mol. The third-order valence-corrected chi connectivity index (χ3v) is 6.58. The van der Waals surface area contributed by atoms with E-state index in [4.69, 9.17) is 4.74 Å². The van der Waals surface area contributed by atoms with Gasteiger partial charge in [0.1, 0.15) is 34.2 Å². The topological polar surface area (TPSA) is 121 Å². The van der Waals surface area contributed by atoms with E-state index in [0.717, 1.165) is 0 Å². The molecule has 0 saturated carbocycles. The number of allylic oxidation sites excluding steroid dienone is 1. The standard InChI is InChI=1S/C26H34O7/c1-12(2)9-14(27)17-15(28)10-16-18(20(17)29)26(32,11-13(3)4)19-21(30)24(5,6)23(31)25(7,8)22(19)33-16/h10,12-13,28-29,32H,9,11H2,1-8H3/t26-/m0/s1. The van der Waals surface area contributed by atoms with Crippen molar-refractivity contribution in [3.63, 3.8) is 0 Å². The maximum Gasteiger partial charge on any atom is 0.178 e. The zero-order chi connectivity index (χ0) is 25.3. The molecule has 0 fully saturated rings. The number of phenolic OH excluding ortho intramolecular Hbond substituents is 2. The van der Waals surface area contributed by atoms with Crippen LogP contribution < -0.4 is 4.74 Å². The molecule has 0 radical (unpaired) electrons. The Labute approximate surface area is 194 Å². The van der Waals surface area contributed by atoms with Gasteiger partial charge in [0.25, 0.3) is 0 Å². The fourth-order valence-corrected chi connectivity index (χ4v) is 5.16. The van der Waals surface area contributed by atoms with E-state index in [9.17, 15) is 29.7 Å². The Hall–Kier alpha value is -2.67. The van der Waals surface area contributed by atoms with E-state index >= 15 is 0 Å². The van der Waals surface area contributed by atoms with Gasteiger partial charge in [-0.1, -0.05) is 27.7 Å². The Bertz CT molecular complexity index is 1090. The Kier molecular flexibility index (Phi) is 5.82. The molecule has 2 aliphatic rings. The lowest BCUT2D eigenvalue weighted by molar-refractivity contribution is -0.146. The van der Waals surface area contributed by atoms with E-state index in [1.54, 1.807) is 13.8 Å². The van der Waals surface area contributed by atoms with Crippen LogP contribution in [0.3, 0.4) is 0 Å². The van der Waals surface area contributed by atoms with Crippen molar-refractivity contribution in [2.24, 2.45) is 22.7 Å². The zero-order valence-corrected chi connectivity index (χ0v) is 20.6. The second-order valence-corrected chi connectivity index (χ2v) is 11.2. The van der Waals surface area contributed by atoms with Gasteiger partial charge in [0.15, 0.2) is 17.3 Å². The summed E-state index contributed by atoms with van der Waals surface area (Å²) in [7, 11) is 0. The van der Waals surface area contributed by atoms with Crippen molar-refractivity contribution in [3.8, 4) is 17.2 Å². The quantitative estimate of drug-likeness (QED) is 0.441. The molecule has 1 aliphatic heterocycles. The van der Waals surface area contributed by atoms with Gasteiger partial charge in [-0.15, -0.1) is 0 Å². The highest BCUT2D eigenvalue weighted by Crippen LogP contribution is 2.59. The molecule has 180 valence electrons. The second-order valence-electron chi connectivity index (χ2n) is 11.2. The summed E-state index contributed by atoms with van der Waals surface area (Å²) in [5, 5.41) is 34.0. The number of aliphatic hydroxyl groups is 1. The lowest BCUT2D eigenvalue weighted by atomic mass is 9.58. The molecule has 7 nitrogen and oxygen atoms in total. The first-order chi connectivity index (χ1) is 15.0. The molecule has 0 bridgehead atoms. The van der Waals surface area contributed by atoms with Crippen LogP contribution in [0.25, 0.3) is 0 Å². The predicted molar refractivity (Wildman–Crippen MR) is 122 cm³/mol. The number of hydrogen-bond donors (Lipinski definition) is 3. The van der Waals surface area contributed by atoms with Gasteiger partial charge >= 0.3 is 0 Å². The molecule has 1 aromatic carbocycles. The molecule has 0 saturated heterocycles. The summed E-state index contributed by atoms with van der Waals surface area (Å²) in [5.74, 6) is -2.75. The van der Waals surface area contributed by atoms with E-state index < -0.39 is 39.5 Å². The number of carbonyl (C=O) groups excluding carboxylic acids is 3. The number of aromatic hydroxyl groups is 2. The SMILES string of the molecule is CC(C)CC(=O)c1c(O)cc2c(c1O)[C@@](O)(CC(C)C)C1=C(O2)C(C)(C)C(=O)C(C)(C)C1=O. The molecule has 7 heteroatoms. The van der Waals surface area contributed by atoms with E-state index in [2.05, 4.69) is 0 Å². The van der Waals surface area contributed by atoms with E-state index in [1.807, 2.05) is 27.7 Å². The molecule has 3 N–H and O–H groups in total. The van der Waals surface area contributed by atoms with Crippen molar-refractivity contribution in [1.29, 1.82) is 0 Å². The summed E-state index contributed by atoms with van der Waals surface area (Å²) in [6, 6.07) is 1.17. The van der Waals surface area contributed by atoms with Gasteiger partial charge in [0.05, 0.1) is 22.0 Å². The first-order valence-electron chi connectivity index (χ1n) is 11.4. The summed E-state index contributed by atoms with van der Waals surface area (Å²) >= 11 is 0. The minimum atomic E-state index is -2.02. The Morgan fingerprint density at radius 2 is 1.58 bits per heavy atom. The van der Waals surface area contributed by atoms with E-state index in [0.29, 0.717) is 0 Å². The lowest BCUT2D eigenvalue weighted by Crippen LogP contribution is -2.55. The molecule has 0 spiro atoms. The average molecular weight is 459 g/mol. The molecule has 0 unspecified atom stereocenters.